The molecule has 1 aliphatic carbocycles. The number of nitriles is 1. The van der Waals surface area contributed by atoms with E-state index in [1.54, 1.807) is 19.4 Å². The monoisotopic (exact) mass is 400 g/mol. The van der Waals surface area contributed by atoms with Gasteiger partial charge >= 0.3 is 0 Å². The van der Waals surface area contributed by atoms with Gasteiger partial charge in [0.1, 0.15) is 11.9 Å². The highest BCUT2D eigenvalue weighted by molar-refractivity contribution is 6.01. The summed E-state index contributed by atoms with van der Waals surface area (Å²) >= 11 is 0. The van der Waals surface area contributed by atoms with Crippen molar-refractivity contribution >= 4 is 23.5 Å². The van der Waals surface area contributed by atoms with E-state index in [4.69, 9.17) is 5.26 Å². The molecule has 0 radical (unpaired) electrons. The second-order valence-electron chi connectivity index (χ2n) is 8.21. The van der Waals surface area contributed by atoms with Gasteiger partial charge in [0.2, 0.25) is 0 Å². The molecular formula is C23H24N6O. The van der Waals surface area contributed by atoms with E-state index in [1.165, 1.54) is 0 Å². The van der Waals surface area contributed by atoms with E-state index in [0.29, 0.717) is 29.3 Å². The number of aromatic nitrogens is 2. The summed E-state index contributed by atoms with van der Waals surface area (Å²) in [6.45, 7) is 0. The molecule has 7 nitrogen and oxygen atoms in total. The molecule has 5 rings (SSSR count). The minimum atomic E-state index is -0.115. The molecule has 1 unspecified atom stereocenters. The van der Waals surface area contributed by atoms with E-state index >= 15 is 0 Å². The van der Waals surface area contributed by atoms with Crippen molar-refractivity contribution in [1.82, 2.24) is 15.3 Å². The van der Waals surface area contributed by atoms with Crippen LogP contribution in [0.25, 0.3) is 6.08 Å². The predicted octanol–water partition coefficient (Wildman–Crippen LogP) is 2.89. The number of nitrogens with zero attached hydrogens (tertiary/aromatic N) is 4. The first-order chi connectivity index (χ1) is 14.7. The molecule has 0 spiro atoms. The highest BCUT2D eigenvalue weighted by Gasteiger charge is 2.41. The molecule has 0 aromatic carbocycles. The molecule has 2 bridgehead atoms. The molecule has 7 heteroatoms. The van der Waals surface area contributed by atoms with E-state index < -0.39 is 0 Å². The third kappa shape index (κ3) is 3.09. The number of amides is 1. The van der Waals surface area contributed by atoms with Crippen molar-refractivity contribution < 1.29 is 4.79 Å². The molecule has 4 heterocycles. The summed E-state index contributed by atoms with van der Waals surface area (Å²) in [5, 5.41) is 15.5. The number of pyridine rings is 2. The van der Waals surface area contributed by atoms with Crippen LogP contribution in [0.15, 0.2) is 30.6 Å². The third-order valence-corrected chi connectivity index (χ3v) is 6.49. The topological polar surface area (TPSA) is 93.9 Å². The number of hydrogen-bond donors (Lipinski definition) is 2. The van der Waals surface area contributed by atoms with Crippen molar-refractivity contribution in [2.24, 2.45) is 0 Å². The van der Waals surface area contributed by atoms with Gasteiger partial charge < -0.3 is 15.5 Å². The lowest BCUT2D eigenvalue weighted by atomic mass is 9.95. The summed E-state index contributed by atoms with van der Waals surface area (Å²) in [4.78, 5) is 23.9. The van der Waals surface area contributed by atoms with Crippen LogP contribution in [-0.4, -0.2) is 41.0 Å². The van der Waals surface area contributed by atoms with Crippen molar-refractivity contribution in [3.8, 4) is 6.07 Å². The smallest absolute Gasteiger partial charge is 0.254 e. The third-order valence-electron chi connectivity index (χ3n) is 6.49. The van der Waals surface area contributed by atoms with Crippen molar-refractivity contribution in [2.45, 2.75) is 50.2 Å². The largest absolute Gasteiger partial charge is 0.381 e. The van der Waals surface area contributed by atoms with Crippen LogP contribution in [0, 0.1) is 11.3 Å². The fourth-order valence-electron chi connectivity index (χ4n) is 5.14. The van der Waals surface area contributed by atoms with Crippen LogP contribution in [0.3, 0.4) is 0 Å². The molecule has 3 atom stereocenters. The molecule has 2 aliphatic heterocycles. The summed E-state index contributed by atoms with van der Waals surface area (Å²) in [7, 11) is 1.65. The van der Waals surface area contributed by atoms with E-state index in [-0.39, 0.29) is 5.91 Å². The predicted molar refractivity (Wildman–Crippen MR) is 115 cm³/mol. The maximum absolute atomic E-state index is 12.5. The molecular weight excluding hydrogens is 376 g/mol. The standard InChI is InChI=1S/C23H24N6O/c1-25-23(30)19-13-26-20-4-2-3-18(20)22(19)28-15-9-16-6-7-17(10-15)29(16)21-8-5-14(11-24)12-27-21/h2-3,5,8,12-13,15-17H,4,6-7,9-10H2,1H3,(H,25,30)(H,26,28)/t15?,16-,17+. The lowest BCUT2D eigenvalue weighted by Gasteiger charge is -2.40. The molecule has 152 valence electrons. The van der Waals surface area contributed by atoms with Gasteiger partial charge in [-0.15, -0.1) is 0 Å². The van der Waals surface area contributed by atoms with Gasteiger partial charge in [-0.25, -0.2) is 4.98 Å². The van der Waals surface area contributed by atoms with Crippen LogP contribution in [0.2, 0.25) is 0 Å². The van der Waals surface area contributed by atoms with Crippen molar-refractivity contribution in [1.29, 1.82) is 5.26 Å². The zero-order valence-electron chi connectivity index (χ0n) is 16.9. The second kappa shape index (κ2) is 7.45. The van der Waals surface area contributed by atoms with Gasteiger partial charge in [0.25, 0.3) is 5.91 Å². The lowest BCUT2D eigenvalue weighted by Crippen LogP contribution is -2.47. The van der Waals surface area contributed by atoms with Gasteiger partial charge in [0, 0.05) is 49.6 Å². The summed E-state index contributed by atoms with van der Waals surface area (Å²) in [5.41, 5.74) is 4.16. The first kappa shape index (κ1) is 18.6. The number of fused-ring (bicyclic) bond motifs is 3. The van der Waals surface area contributed by atoms with Crippen molar-refractivity contribution in [3.05, 3.63) is 53.0 Å². The Morgan fingerprint density at radius 2 is 2.00 bits per heavy atom. The number of anilines is 2. The minimum absolute atomic E-state index is 0.115. The molecule has 0 saturated carbocycles. The van der Waals surface area contributed by atoms with E-state index in [0.717, 1.165) is 54.9 Å². The fraction of sp³-hybridized carbons (Fsp3) is 0.391. The number of piperidine rings is 1. The summed E-state index contributed by atoms with van der Waals surface area (Å²) in [6.07, 6.45) is 12.6. The Morgan fingerprint density at radius 3 is 2.67 bits per heavy atom. The van der Waals surface area contributed by atoms with Gasteiger partial charge in [-0.2, -0.15) is 5.26 Å². The van der Waals surface area contributed by atoms with Crippen molar-refractivity contribution in [2.75, 3.05) is 17.3 Å². The Labute approximate surface area is 175 Å². The second-order valence-corrected chi connectivity index (χ2v) is 8.21. The summed E-state index contributed by atoms with van der Waals surface area (Å²) < 4.78 is 0. The zero-order valence-corrected chi connectivity index (χ0v) is 16.9. The van der Waals surface area contributed by atoms with Crippen LogP contribution in [-0.2, 0) is 6.42 Å². The molecule has 2 aromatic heterocycles. The normalized spacial score (nSPS) is 23.7. The summed E-state index contributed by atoms with van der Waals surface area (Å²) in [6, 6.07) is 7.05. The summed E-state index contributed by atoms with van der Waals surface area (Å²) in [5.74, 6) is 0.842. The van der Waals surface area contributed by atoms with Gasteiger partial charge in [0.15, 0.2) is 0 Å². The number of hydrogen-bond acceptors (Lipinski definition) is 6. The lowest BCUT2D eigenvalue weighted by molar-refractivity contribution is 0.0963. The number of allylic oxidation sites excluding steroid dienone is 1. The number of rotatable bonds is 4. The van der Waals surface area contributed by atoms with Gasteiger partial charge in [-0.1, -0.05) is 12.2 Å². The van der Waals surface area contributed by atoms with E-state index in [2.05, 4.69) is 43.7 Å². The SMILES string of the molecule is CNC(=O)c1cnc2c(c1NC1C[C@H]3CC[C@@H](C1)N3c1ccc(C#N)cn1)C=CC2. The first-order valence-electron chi connectivity index (χ1n) is 10.5. The minimum Gasteiger partial charge on any atom is -0.381 e. The number of carbonyl (C=O) groups excluding carboxylic acids is 1. The Balaban J connectivity index is 1.39. The van der Waals surface area contributed by atoms with Gasteiger partial charge in [0.05, 0.1) is 22.5 Å². The fourth-order valence-corrected chi connectivity index (χ4v) is 5.14. The first-order valence-corrected chi connectivity index (χ1v) is 10.5. The van der Waals surface area contributed by atoms with E-state index in [1.807, 2.05) is 12.1 Å². The van der Waals surface area contributed by atoms with Crippen LogP contribution in [0.5, 0.6) is 0 Å². The van der Waals surface area contributed by atoms with Gasteiger partial charge in [-0.05, 0) is 37.8 Å². The quantitative estimate of drug-likeness (QED) is 0.820. The van der Waals surface area contributed by atoms with Gasteiger partial charge in [-0.3, -0.25) is 9.78 Å². The molecule has 2 aromatic rings. The Kier molecular flexibility index (Phi) is 4.62. The molecule has 3 aliphatic rings. The van der Waals surface area contributed by atoms with Crippen molar-refractivity contribution in [3.63, 3.8) is 0 Å². The Morgan fingerprint density at radius 1 is 1.20 bits per heavy atom. The van der Waals surface area contributed by atoms with E-state index in [9.17, 15) is 4.79 Å². The zero-order chi connectivity index (χ0) is 20.7. The maximum atomic E-state index is 12.5. The van der Waals surface area contributed by atoms with Crippen LogP contribution in [0.1, 0.15) is 52.9 Å². The van der Waals surface area contributed by atoms with Crippen LogP contribution < -0.4 is 15.5 Å². The maximum Gasteiger partial charge on any atom is 0.254 e. The highest BCUT2D eigenvalue weighted by atomic mass is 16.1. The molecule has 2 N–H and O–H groups in total. The molecule has 2 saturated heterocycles. The average Bonchev–Trinajstić information content (AvgIpc) is 3.36. The molecule has 30 heavy (non-hydrogen) atoms. The highest BCUT2D eigenvalue weighted by Crippen LogP contribution is 2.40. The average molecular weight is 400 g/mol. The molecule has 1 amide bonds. The van der Waals surface area contributed by atoms with Crippen LogP contribution >= 0.6 is 0 Å². The number of carbonyl (C=O) groups is 1. The Hall–Kier alpha value is -3.40. The molecule has 2 fully saturated rings. The van der Waals surface area contributed by atoms with Crippen LogP contribution in [0.4, 0.5) is 11.5 Å². The number of nitrogens with one attached hydrogen (secondary N) is 2. The Bertz CT molecular complexity index is 1040.